The van der Waals surface area contributed by atoms with E-state index in [1.165, 1.54) is 29.8 Å². The van der Waals surface area contributed by atoms with Crippen LogP contribution in [0.25, 0.3) is 16.2 Å². The first kappa shape index (κ1) is 17.3. The van der Waals surface area contributed by atoms with Gasteiger partial charge in [-0.3, -0.25) is 9.20 Å². The molecule has 0 aliphatic rings. The van der Waals surface area contributed by atoms with E-state index >= 15 is 0 Å². The molecule has 0 radical (unpaired) electrons. The summed E-state index contributed by atoms with van der Waals surface area (Å²) in [6.45, 7) is 1.91. The van der Waals surface area contributed by atoms with Gasteiger partial charge in [-0.15, -0.1) is 11.3 Å². The average molecular weight is 381 g/mol. The number of benzene rings is 1. The topological polar surface area (TPSA) is 63.4 Å². The van der Waals surface area contributed by atoms with Crippen LogP contribution in [0.1, 0.15) is 29.1 Å². The molecule has 0 spiro atoms. The van der Waals surface area contributed by atoms with Crippen molar-refractivity contribution in [3.05, 3.63) is 71.6 Å². The molecule has 27 heavy (non-hydrogen) atoms. The van der Waals surface area contributed by atoms with E-state index in [0.717, 1.165) is 5.69 Å². The molecule has 1 unspecified atom stereocenters. The van der Waals surface area contributed by atoms with Crippen molar-refractivity contribution in [3.8, 4) is 11.3 Å². The second-order valence-electron chi connectivity index (χ2n) is 6.14. The van der Waals surface area contributed by atoms with Crippen molar-refractivity contribution in [1.29, 1.82) is 0 Å². The van der Waals surface area contributed by atoms with Crippen molar-refractivity contribution in [2.45, 2.75) is 13.0 Å². The van der Waals surface area contributed by atoms with Crippen molar-refractivity contribution < 1.29 is 9.18 Å². The number of nitrogens with zero attached hydrogens (tertiary/aromatic N) is 5. The number of amides is 1. The van der Waals surface area contributed by atoms with E-state index < -0.39 is 0 Å². The predicted octanol–water partition coefficient (Wildman–Crippen LogP) is 3.83. The van der Waals surface area contributed by atoms with Crippen molar-refractivity contribution in [2.24, 2.45) is 0 Å². The molecular weight excluding hydrogens is 365 g/mol. The van der Waals surface area contributed by atoms with Gasteiger partial charge < -0.3 is 4.90 Å². The van der Waals surface area contributed by atoms with E-state index in [1.807, 2.05) is 6.92 Å². The number of imidazole rings is 1. The van der Waals surface area contributed by atoms with Gasteiger partial charge in [-0.1, -0.05) is 12.1 Å². The van der Waals surface area contributed by atoms with E-state index in [4.69, 9.17) is 0 Å². The third kappa shape index (κ3) is 3.19. The van der Waals surface area contributed by atoms with Crippen LogP contribution in [-0.4, -0.2) is 37.2 Å². The van der Waals surface area contributed by atoms with Gasteiger partial charge in [-0.25, -0.2) is 19.3 Å². The largest absolute Gasteiger partial charge is 0.332 e. The van der Waals surface area contributed by atoms with Crippen molar-refractivity contribution in [3.63, 3.8) is 0 Å². The average Bonchev–Trinajstić information content (AvgIpc) is 3.28. The highest BCUT2D eigenvalue weighted by Crippen LogP contribution is 2.26. The van der Waals surface area contributed by atoms with E-state index in [-0.39, 0.29) is 17.8 Å². The summed E-state index contributed by atoms with van der Waals surface area (Å²) in [6.07, 6.45) is 4.88. The lowest BCUT2D eigenvalue weighted by molar-refractivity contribution is 0.0733. The van der Waals surface area contributed by atoms with Crippen LogP contribution in [0.4, 0.5) is 4.39 Å². The lowest BCUT2D eigenvalue weighted by Crippen LogP contribution is -2.30. The molecule has 0 saturated carbocycles. The summed E-state index contributed by atoms with van der Waals surface area (Å²) < 4.78 is 15.2. The number of rotatable bonds is 4. The van der Waals surface area contributed by atoms with Gasteiger partial charge in [0.2, 0.25) is 0 Å². The standard InChI is InChI=1S/C19H16FN5OS/c1-12(15-6-7-21-11-22-15)24(2)18(26)17-10-27-19-23-16(9-25(17)19)13-4-3-5-14(20)8-13/h3-12H,1-2H3. The number of carbonyl (C=O) groups excluding carboxylic acids is 1. The maximum atomic E-state index is 13.5. The molecule has 1 atom stereocenters. The van der Waals surface area contributed by atoms with Crippen LogP contribution >= 0.6 is 11.3 Å². The molecule has 0 fully saturated rings. The summed E-state index contributed by atoms with van der Waals surface area (Å²) in [4.78, 5) is 28.0. The second kappa shape index (κ2) is 6.88. The fourth-order valence-corrected chi connectivity index (χ4v) is 3.67. The van der Waals surface area contributed by atoms with E-state index in [0.29, 0.717) is 21.9 Å². The molecular formula is C19H16FN5OS. The second-order valence-corrected chi connectivity index (χ2v) is 6.97. The quantitative estimate of drug-likeness (QED) is 0.539. The van der Waals surface area contributed by atoms with Gasteiger partial charge in [0.15, 0.2) is 4.96 Å². The lowest BCUT2D eigenvalue weighted by atomic mass is 10.2. The van der Waals surface area contributed by atoms with E-state index in [9.17, 15) is 9.18 Å². The molecule has 4 rings (SSSR count). The first-order valence-corrected chi connectivity index (χ1v) is 9.18. The highest BCUT2D eigenvalue weighted by atomic mass is 32.1. The Morgan fingerprint density at radius 2 is 2.19 bits per heavy atom. The number of hydrogen-bond acceptors (Lipinski definition) is 5. The summed E-state index contributed by atoms with van der Waals surface area (Å²) in [6, 6.07) is 7.83. The van der Waals surface area contributed by atoms with E-state index in [2.05, 4.69) is 15.0 Å². The van der Waals surface area contributed by atoms with Gasteiger partial charge in [0.1, 0.15) is 17.8 Å². The molecule has 4 aromatic rings. The number of halogens is 1. The van der Waals surface area contributed by atoms with Crippen LogP contribution in [-0.2, 0) is 0 Å². The molecule has 6 nitrogen and oxygen atoms in total. The minimum atomic E-state index is -0.321. The first-order chi connectivity index (χ1) is 13.0. The zero-order valence-corrected chi connectivity index (χ0v) is 15.5. The number of hydrogen-bond donors (Lipinski definition) is 0. The minimum Gasteiger partial charge on any atom is -0.332 e. The number of fused-ring (bicyclic) bond motifs is 1. The monoisotopic (exact) mass is 381 g/mol. The molecule has 0 aliphatic carbocycles. The molecule has 136 valence electrons. The smallest absolute Gasteiger partial charge is 0.272 e. The van der Waals surface area contributed by atoms with Gasteiger partial charge in [0, 0.05) is 30.4 Å². The number of aromatic nitrogens is 4. The summed E-state index contributed by atoms with van der Waals surface area (Å²) >= 11 is 1.37. The molecule has 0 N–H and O–H groups in total. The molecule has 3 aromatic heterocycles. The summed E-state index contributed by atoms with van der Waals surface area (Å²) in [7, 11) is 1.74. The van der Waals surface area contributed by atoms with Crippen LogP contribution in [0, 0.1) is 5.82 Å². The number of carbonyl (C=O) groups is 1. The molecule has 1 amide bonds. The maximum absolute atomic E-state index is 13.5. The van der Waals surface area contributed by atoms with Gasteiger partial charge in [-0.2, -0.15) is 0 Å². The summed E-state index contributed by atoms with van der Waals surface area (Å²) in [5.41, 5.74) is 2.57. The van der Waals surface area contributed by atoms with Gasteiger partial charge in [0.05, 0.1) is 17.4 Å². The van der Waals surface area contributed by atoms with E-state index in [1.54, 1.807) is 52.3 Å². The Balaban J connectivity index is 1.66. The molecule has 0 bridgehead atoms. The zero-order chi connectivity index (χ0) is 19.0. The Morgan fingerprint density at radius 1 is 1.33 bits per heavy atom. The summed E-state index contributed by atoms with van der Waals surface area (Å²) in [5, 5.41) is 1.78. The summed E-state index contributed by atoms with van der Waals surface area (Å²) in [5.74, 6) is -0.464. The maximum Gasteiger partial charge on any atom is 0.272 e. The molecule has 0 saturated heterocycles. The molecule has 8 heteroatoms. The normalized spacial score (nSPS) is 12.3. The third-order valence-corrected chi connectivity index (χ3v) is 5.32. The Kier molecular flexibility index (Phi) is 4.41. The Morgan fingerprint density at radius 3 is 2.93 bits per heavy atom. The minimum absolute atomic E-state index is 0.143. The van der Waals surface area contributed by atoms with Crippen molar-refractivity contribution in [1.82, 2.24) is 24.3 Å². The van der Waals surface area contributed by atoms with Crippen LogP contribution in [0.3, 0.4) is 0 Å². The predicted molar refractivity (Wildman–Crippen MR) is 101 cm³/mol. The van der Waals surface area contributed by atoms with Gasteiger partial charge >= 0.3 is 0 Å². The van der Waals surface area contributed by atoms with Crippen molar-refractivity contribution >= 4 is 22.2 Å². The fourth-order valence-electron chi connectivity index (χ4n) is 2.83. The zero-order valence-electron chi connectivity index (χ0n) is 14.7. The van der Waals surface area contributed by atoms with Gasteiger partial charge in [-0.05, 0) is 25.1 Å². The Hall–Kier alpha value is -3.13. The molecule has 3 heterocycles. The molecule has 0 aliphatic heterocycles. The lowest BCUT2D eigenvalue weighted by Gasteiger charge is -2.24. The third-order valence-electron chi connectivity index (χ3n) is 4.48. The van der Waals surface area contributed by atoms with Gasteiger partial charge in [0.25, 0.3) is 5.91 Å². The Labute approximate surface area is 159 Å². The number of thiazole rings is 1. The fraction of sp³-hybridized carbons (Fsp3) is 0.158. The SMILES string of the molecule is CC(c1ccncn1)N(C)C(=O)c1csc2nc(-c3cccc(F)c3)cn12. The first-order valence-electron chi connectivity index (χ1n) is 8.30. The molecule has 1 aromatic carbocycles. The van der Waals surface area contributed by atoms with Crippen LogP contribution in [0.15, 0.2) is 54.4 Å². The van der Waals surface area contributed by atoms with Crippen LogP contribution in [0.5, 0.6) is 0 Å². The van der Waals surface area contributed by atoms with Crippen LogP contribution < -0.4 is 0 Å². The highest BCUT2D eigenvalue weighted by molar-refractivity contribution is 7.15. The Bertz CT molecular complexity index is 1110. The highest BCUT2D eigenvalue weighted by Gasteiger charge is 2.23. The van der Waals surface area contributed by atoms with Crippen molar-refractivity contribution in [2.75, 3.05) is 7.05 Å². The van der Waals surface area contributed by atoms with Crippen LogP contribution in [0.2, 0.25) is 0 Å².